The molecule has 0 heterocycles. The average Bonchev–Trinajstić information content (AvgIpc) is 3.50. The van der Waals surface area contributed by atoms with Crippen LogP contribution in [0.1, 0.15) is 164 Å². The summed E-state index contributed by atoms with van der Waals surface area (Å²) in [7, 11) is 0. The van der Waals surface area contributed by atoms with E-state index >= 15 is 0 Å². The van der Waals surface area contributed by atoms with E-state index in [4.69, 9.17) is 22.9 Å². The molecule has 1 aromatic rings. The topological polar surface area (TPSA) is 403 Å². The molecule has 18 N–H and O–H groups in total. The van der Waals surface area contributed by atoms with Crippen molar-refractivity contribution in [3.05, 3.63) is 35.9 Å². The Morgan fingerprint density at radius 2 is 0.841 bits per heavy atom. The molecular weight excluding hydrogens is 1050 g/mol. The van der Waals surface area contributed by atoms with Crippen LogP contribution in [0.25, 0.3) is 0 Å². The molecule has 0 aliphatic heterocycles. The third kappa shape index (κ3) is 28.6. The lowest BCUT2D eigenvalue weighted by Crippen LogP contribution is -2.61. The summed E-state index contributed by atoms with van der Waals surface area (Å²) in [4.78, 5) is 138. The fourth-order valence-corrected chi connectivity index (χ4v) is 8.96. The standard InChI is InChI=1S/C58H103N13O11/c1-10-12-13-14-18-27-47(73)63-40(24-19-28-59)52(76)71-49(38(9)11-2)58(82)65-41(25-20-29-60)51(75)67-45(33-39-22-16-15-17-23-39)56(80)66-43(31-35(3)4)54(78)64-42(26-21-30-61)53(77)70-48(37(7)8)57(81)68-44(32-36(5)6)55(79)69-46(34-72)50(62)74/h15-17,22-23,35-38,40-46,48-49,72H,10-14,18-21,24-34,59-61H2,1-9H3,(H2,62,74)(H,63,73)(H,64,78)(H,65,82)(H,66,80)(H,67,75)(H,68,81)(H,69,79)(H,70,77)(H,71,76)/t38-,40+,41-,42-,43-,44-,45-,46-,48-,49-/m0/s1. The predicted octanol–water partition coefficient (Wildman–Crippen LogP) is 0.441. The van der Waals surface area contributed by atoms with E-state index in [0.29, 0.717) is 24.8 Å². The molecule has 0 saturated carbocycles. The molecule has 1 rings (SSSR count). The second-order valence-corrected chi connectivity index (χ2v) is 22.6. The van der Waals surface area contributed by atoms with Crippen molar-refractivity contribution in [2.75, 3.05) is 26.2 Å². The molecule has 0 radical (unpaired) electrons. The summed E-state index contributed by atoms with van der Waals surface area (Å²) in [5.41, 5.74) is 23.5. The van der Waals surface area contributed by atoms with Crippen molar-refractivity contribution in [1.29, 1.82) is 0 Å². The van der Waals surface area contributed by atoms with E-state index in [1.54, 1.807) is 51.1 Å². The summed E-state index contributed by atoms with van der Waals surface area (Å²) in [6.45, 7) is 16.2. The minimum absolute atomic E-state index is 0.0335. The molecule has 0 spiro atoms. The Morgan fingerprint density at radius 3 is 1.29 bits per heavy atom. The molecule has 0 unspecified atom stereocenters. The zero-order chi connectivity index (χ0) is 61.9. The molecule has 82 heavy (non-hydrogen) atoms. The van der Waals surface area contributed by atoms with Crippen molar-refractivity contribution in [2.45, 2.75) is 219 Å². The maximum Gasteiger partial charge on any atom is 0.243 e. The maximum atomic E-state index is 14.6. The monoisotopic (exact) mass is 1160 g/mol. The van der Waals surface area contributed by atoms with Gasteiger partial charge < -0.3 is 75.9 Å². The smallest absolute Gasteiger partial charge is 0.243 e. The van der Waals surface area contributed by atoms with Gasteiger partial charge in [-0.3, -0.25) is 47.9 Å². The number of carbonyl (C=O) groups excluding carboxylic acids is 10. The summed E-state index contributed by atoms with van der Waals surface area (Å²) >= 11 is 0. The third-order valence-electron chi connectivity index (χ3n) is 14.0. The Kier molecular flexibility index (Phi) is 36.8. The van der Waals surface area contributed by atoms with Gasteiger partial charge in [-0.25, -0.2) is 0 Å². The van der Waals surface area contributed by atoms with Crippen LogP contribution < -0.4 is 70.8 Å². The summed E-state index contributed by atoms with van der Waals surface area (Å²) in [5, 5.41) is 34.1. The number of hydrogen-bond acceptors (Lipinski definition) is 14. The number of benzene rings is 1. The van der Waals surface area contributed by atoms with Crippen molar-refractivity contribution in [3.63, 3.8) is 0 Å². The van der Waals surface area contributed by atoms with Gasteiger partial charge in [0.05, 0.1) is 6.61 Å². The van der Waals surface area contributed by atoms with Crippen LogP contribution >= 0.6 is 0 Å². The lowest BCUT2D eigenvalue weighted by molar-refractivity contribution is -0.136. The van der Waals surface area contributed by atoms with Crippen LogP contribution in [0.15, 0.2) is 30.3 Å². The Bertz CT molecular complexity index is 2130. The van der Waals surface area contributed by atoms with Crippen molar-refractivity contribution >= 4 is 59.1 Å². The highest BCUT2D eigenvalue weighted by molar-refractivity contribution is 5.98. The van der Waals surface area contributed by atoms with Gasteiger partial charge in [0, 0.05) is 12.8 Å². The van der Waals surface area contributed by atoms with Gasteiger partial charge in [0.15, 0.2) is 0 Å². The van der Waals surface area contributed by atoms with Crippen LogP contribution in [0.3, 0.4) is 0 Å². The number of unbranched alkanes of at least 4 members (excludes halogenated alkanes) is 4. The van der Waals surface area contributed by atoms with Gasteiger partial charge in [-0.05, 0) is 107 Å². The normalized spacial score (nSPS) is 15.0. The van der Waals surface area contributed by atoms with Gasteiger partial charge in [-0.1, -0.05) is 125 Å². The van der Waals surface area contributed by atoms with Crippen LogP contribution in [0, 0.1) is 23.7 Å². The minimum atomic E-state index is -1.40. The molecule has 0 aliphatic carbocycles. The van der Waals surface area contributed by atoms with Gasteiger partial charge in [0.1, 0.15) is 54.4 Å². The summed E-state index contributed by atoms with van der Waals surface area (Å²) in [6, 6.07) is -2.13. The first-order valence-electron chi connectivity index (χ1n) is 29.6. The number of hydrogen-bond donors (Lipinski definition) is 14. The fourth-order valence-electron chi connectivity index (χ4n) is 8.96. The Morgan fingerprint density at radius 1 is 0.451 bits per heavy atom. The largest absolute Gasteiger partial charge is 0.394 e. The van der Waals surface area contributed by atoms with E-state index in [2.05, 4.69) is 54.8 Å². The van der Waals surface area contributed by atoms with Crippen LogP contribution in [0.2, 0.25) is 0 Å². The van der Waals surface area contributed by atoms with Crippen molar-refractivity contribution in [3.8, 4) is 0 Å². The highest BCUT2D eigenvalue weighted by Crippen LogP contribution is 2.15. The lowest BCUT2D eigenvalue weighted by Gasteiger charge is -2.30. The summed E-state index contributed by atoms with van der Waals surface area (Å²) < 4.78 is 0. The number of nitrogens with two attached hydrogens (primary N) is 4. The number of nitrogens with one attached hydrogen (secondary N) is 9. The number of amides is 10. The minimum Gasteiger partial charge on any atom is -0.394 e. The first kappa shape index (κ1) is 73.8. The van der Waals surface area contributed by atoms with Crippen molar-refractivity contribution < 1.29 is 53.1 Å². The molecule has 10 atom stereocenters. The zero-order valence-electron chi connectivity index (χ0n) is 50.4. The van der Waals surface area contributed by atoms with E-state index in [9.17, 15) is 53.1 Å². The molecule has 0 saturated heterocycles. The average molecular weight is 1160 g/mol. The van der Waals surface area contributed by atoms with Crippen molar-refractivity contribution in [2.24, 2.45) is 46.6 Å². The van der Waals surface area contributed by atoms with Gasteiger partial charge in [-0.2, -0.15) is 0 Å². The second-order valence-electron chi connectivity index (χ2n) is 22.6. The molecule has 10 amide bonds. The predicted molar refractivity (Wildman–Crippen MR) is 315 cm³/mol. The lowest BCUT2D eigenvalue weighted by atomic mass is 9.96. The van der Waals surface area contributed by atoms with Gasteiger partial charge in [-0.15, -0.1) is 0 Å². The molecule has 1 aromatic carbocycles. The van der Waals surface area contributed by atoms with Gasteiger partial charge in [0.25, 0.3) is 0 Å². The van der Waals surface area contributed by atoms with E-state index in [1.807, 2.05) is 34.6 Å². The Hall–Kier alpha value is -6.24. The first-order valence-corrected chi connectivity index (χ1v) is 29.6. The molecule has 24 nitrogen and oxygen atoms in total. The van der Waals surface area contributed by atoms with E-state index in [1.165, 1.54) is 0 Å². The zero-order valence-corrected chi connectivity index (χ0v) is 50.4. The molecule has 24 heteroatoms. The van der Waals surface area contributed by atoms with Crippen LogP contribution in [-0.2, 0) is 54.4 Å². The quantitative estimate of drug-likeness (QED) is 0.0395. The highest BCUT2D eigenvalue weighted by Gasteiger charge is 2.37. The van der Waals surface area contributed by atoms with Crippen molar-refractivity contribution in [1.82, 2.24) is 47.9 Å². The molecular formula is C58H103N13O11. The summed E-state index contributed by atoms with van der Waals surface area (Å²) in [6.07, 6.45) is 6.91. The molecule has 0 aliphatic rings. The SMILES string of the molecule is CCCCCCCC(=O)N[C@H](CCCN)C(=O)N[C@H](C(=O)N[C@@H](CCCN)C(=O)N[C@@H](Cc1ccccc1)C(=O)N[C@@H](CC(C)C)C(=O)N[C@@H](CCCN)C(=O)N[C@H](C(=O)N[C@@H](CC(C)C)C(=O)N[C@@H](CO)C(N)=O)C(C)C)[C@@H](C)CC. The highest BCUT2D eigenvalue weighted by atomic mass is 16.3. The van der Waals surface area contributed by atoms with Crippen LogP contribution in [-0.4, -0.2) is 145 Å². The number of rotatable bonds is 43. The number of aliphatic hydroxyl groups excluding tert-OH is 1. The van der Waals surface area contributed by atoms with Gasteiger partial charge >= 0.3 is 0 Å². The van der Waals surface area contributed by atoms with Gasteiger partial charge in [0.2, 0.25) is 59.1 Å². The summed E-state index contributed by atoms with van der Waals surface area (Å²) in [5.74, 6) is -8.23. The molecule has 466 valence electrons. The number of carbonyl (C=O) groups is 10. The molecule has 0 fully saturated rings. The maximum absolute atomic E-state index is 14.6. The number of primary amides is 1. The fraction of sp³-hybridized carbons (Fsp3) is 0.724. The second kappa shape index (κ2) is 40.9. The third-order valence-corrected chi connectivity index (χ3v) is 14.0. The number of aliphatic hydroxyl groups is 1. The Labute approximate surface area is 486 Å². The molecule has 0 aromatic heterocycles. The van der Waals surface area contributed by atoms with Crippen LogP contribution in [0.5, 0.6) is 0 Å². The molecule has 0 bridgehead atoms. The van der Waals surface area contributed by atoms with Crippen LogP contribution in [0.4, 0.5) is 0 Å². The first-order chi connectivity index (χ1) is 38.9. The van der Waals surface area contributed by atoms with E-state index in [0.717, 1.165) is 25.7 Å². The Balaban J connectivity index is 3.55. The van der Waals surface area contributed by atoms with E-state index < -0.39 is 126 Å². The van der Waals surface area contributed by atoms with E-state index in [-0.39, 0.29) is 95.2 Å².